The van der Waals surface area contributed by atoms with E-state index in [4.69, 9.17) is 10.5 Å². The highest BCUT2D eigenvalue weighted by Crippen LogP contribution is 2.23. The van der Waals surface area contributed by atoms with Crippen molar-refractivity contribution in [3.63, 3.8) is 0 Å². The highest BCUT2D eigenvalue weighted by Gasteiger charge is 2.13. The fourth-order valence-corrected chi connectivity index (χ4v) is 1.91. The summed E-state index contributed by atoms with van der Waals surface area (Å²) in [6.07, 6.45) is 1.95. The van der Waals surface area contributed by atoms with Crippen molar-refractivity contribution in [1.29, 1.82) is 0 Å². The number of hydrogen-bond donors (Lipinski definition) is 1. The van der Waals surface area contributed by atoms with Gasteiger partial charge in [0.15, 0.2) is 5.82 Å². The van der Waals surface area contributed by atoms with E-state index in [1.807, 2.05) is 4.90 Å². The van der Waals surface area contributed by atoms with Crippen LogP contribution in [-0.2, 0) is 14.3 Å². The van der Waals surface area contributed by atoms with E-state index in [0.717, 1.165) is 4.47 Å². The van der Waals surface area contributed by atoms with Gasteiger partial charge in [-0.1, -0.05) is 0 Å². The fraction of sp³-hybridized carbons (Fsp3) is 0.500. The molecule has 0 aromatic carbocycles. The molecule has 0 aliphatic carbocycles. The predicted octanol–water partition coefficient (Wildman–Crippen LogP) is 1.44. The van der Waals surface area contributed by atoms with Crippen molar-refractivity contribution in [3.05, 3.63) is 16.7 Å². The van der Waals surface area contributed by atoms with Gasteiger partial charge in [-0.3, -0.25) is 4.79 Å². The normalized spacial score (nSPS) is 10.3. The molecule has 0 saturated heterocycles. The first-order chi connectivity index (χ1) is 9.08. The quantitative estimate of drug-likeness (QED) is 0.762. The second-order valence-corrected chi connectivity index (χ2v) is 4.79. The van der Waals surface area contributed by atoms with Crippen molar-refractivity contribution in [3.8, 4) is 0 Å². The number of esters is 1. The number of nitrogen functional groups attached to an aromatic ring is 1. The summed E-state index contributed by atoms with van der Waals surface area (Å²) in [7, 11) is 2.99. The molecule has 106 valence electrons. The van der Waals surface area contributed by atoms with Crippen molar-refractivity contribution >= 4 is 33.4 Å². The van der Waals surface area contributed by atoms with Crippen LogP contribution in [-0.4, -0.2) is 44.9 Å². The van der Waals surface area contributed by atoms with Crippen LogP contribution in [0.2, 0.25) is 0 Å². The maximum absolute atomic E-state index is 11.2. The van der Waals surface area contributed by atoms with Crippen LogP contribution in [0.15, 0.2) is 16.7 Å². The van der Waals surface area contributed by atoms with Crippen LogP contribution in [0.1, 0.15) is 6.42 Å². The Morgan fingerprint density at radius 3 is 2.79 bits per heavy atom. The minimum Gasteiger partial charge on any atom is -0.469 e. The molecule has 1 aromatic heterocycles. The molecule has 7 heteroatoms. The van der Waals surface area contributed by atoms with Crippen molar-refractivity contribution in [2.45, 2.75) is 6.42 Å². The number of aromatic nitrogens is 1. The number of carbonyl (C=O) groups is 1. The molecular weight excluding hydrogens is 314 g/mol. The van der Waals surface area contributed by atoms with E-state index in [1.54, 1.807) is 19.4 Å². The molecule has 0 aliphatic rings. The second kappa shape index (κ2) is 7.96. The molecule has 1 rings (SSSR count). The van der Waals surface area contributed by atoms with Crippen molar-refractivity contribution in [2.24, 2.45) is 0 Å². The maximum atomic E-state index is 11.2. The largest absolute Gasteiger partial charge is 0.469 e. The molecule has 19 heavy (non-hydrogen) atoms. The first kappa shape index (κ1) is 15.7. The number of pyridine rings is 1. The van der Waals surface area contributed by atoms with E-state index in [9.17, 15) is 4.79 Å². The van der Waals surface area contributed by atoms with Crippen LogP contribution in [0.3, 0.4) is 0 Å². The molecule has 1 heterocycles. The van der Waals surface area contributed by atoms with Gasteiger partial charge in [-0.15, -0.1) is 0 Å². The third-order valence-corrected chi connectivity index (χ3v) is 2.97. The van der Waals surface area contributed by atoms with Crippen LogP contribution in [0.5, 0.6) is 0 Å². The van der Waals surface area contributed by atoms with Gasteiger partial charge in [0.1, 0.15) is 0 Å². The Hall–Kier alpha value is -1.34. The molecular formula is C12H18BrN3O3. The third-order valence-electron chi connectivity index (χ3n) is 2.54. The number of hydrogen-bond acceptors (Lipinski definition) is 6. The molecule has 0 unspecified atom stereocenters. The van der Waals surface area contributed by atoms with Crippen LogP contribution in [0, 0.1) is 0 Å². The zero-order valence-corrected chi connectivity index (χ0v) is 12.6. The summed E-state index contributed by atoms with van der Waals surface area (Å²) >= 11 is 3.31. The fourth-order valence-electron chi connectivity index (χ4n) is 1.57. The van der Waals surface area contributed by atoms with Gasteiger partial charge >= 0.3 is 5.97 Å². The summed E-state index contributed by atoms with van der Waals surface area (Å²) in [4.78, 5) is 17.4. The molecule has 2 N–H and O–H groups in total. The molecule has 6 nitrogen and oxygen atoms in total. The lowest BCUT2D eigenvalue weighted by Crippen LogP contribution is -2.31. The molecule has 0 spiro atoms. The topological polar surface area (TPSA) is 77.7 Å². The monoisotopic (exact) mass is 331 g/mol. The van der Waals surface area contributed by atoms with Crippen LogP contribution >= 0.6 is 15.9 Å². The van der Waals surface area contributed by atoms with E-state index in [-0.39, 0.29) is 12.4 Å². The first-order valence-corrected chi connectivity index (χ1v) is 6.59. The average molecular weight is 332 g/mol. The Kier molecular flexibility index (Phi) is 6.58. The smallest absolute Gasteiger partial charge is 0.307 e. The van der Waals surface area contributed by atoms with Gasteiger partial charge in [0, 0.05) is 30.9 Å². The number of anilines is 2. The van der Waals surface area contributed by atoms with Gasteiger partial charge in [-0.25, -0.2) is 4.98 Å². The lowest BCUT2D eigenvalue weighted by molar-refractivity contribution is -0.140. The van der Waals surface area contributed by atoms with Crippen LogP contribution in [0.25, 0.3) is 0 Å². The van der Waals surface area contributed by atoms with Gasteiger partial charge < -0.3 is 20.1 Å². The molecule has 0 atom stereocenters. The highest BCUT2D eigenvalue weighted by molar-refractivity contribution is 9.10. The molecule has 0 bridgehead atoms. The maximum Gasteiger partial charge on any atom is 0.307 e. The first-order valence-electron chi connectivity index (χ1n) is 5.80. The van der Waals surface area contributed by atoms with Gasteiger partial charge in [0.2, 0.25) is 0 Å². The SMILES string of the molecule is COCCN(CCC(=O)OC)c1ncc(Br)cc1N. The molecule has 0 amide bonds. The third kappa shape index (κ3) is 5.04. The Morgan fingerprint density at radius 2 is 2.21 bits per heavy atom. The Labute approximate surface area is 121 Å². The summed E-state index contributed by atoms with van der Waals surface area (Å²) in [5.41, 5.74) is 6.49. The lowest BCUT2D eigenvalue weighted by atomic mass is 10.3. The summed E-state index contributed by atoms with van der Waals surface area (Å²) in [5, 5.41) is 0. The Bertz CT molecular complexity index is 429. The lowest BCUT2D eigenvalue weighted by Gasteiger charge is -2.24. The minimum atomic E-state index is -0.266. The number of rotatable bonds is 7. The second-order valence-electron chi connectivity index (χ2n) is 3.87. The predicted molar refractivity (Wildman–Crippen MR) is 77.1 cm³/mol. The summed E-state index contributed by atoms with van der Waals surface area (Å²) in [5.74, 6) is 0.377. The molecule has 0 saturated carbocycles. The summed E-state index contributed by atoms with van der Waals surface area (Å²) < 4.78 is 10.5. The number of ether oxygens (including phenoxy) is 2. The number of halogens is 1. The summed E-state index contributed by atoms with van der Waals surface area (Å²) in [6.45, 7) is 1.61. The van der Waals surface area contributed by atoms with E-state index < -0.39 is 0 Å². The van der Waals surface area contributed by atoms with Gasteiger partial charge in [-0.05, 0) is 22.0 Å². The van der Waals surface area contributed by atoms with Gasteiger partial charge in [-0.2, -0.15) is 0 Å². The van der Waals surface area contributed by atoms with Crippen LogP contribution < -0.4 is 10.6 Å². The molecule has 0 radical (unpaired) electrons. The van der Waals surface area contributed by atoms with E-state index in [2.05, 4.69) is 25.7 Å². The zero-order chi connectivity index (χ0) is 14.3. The van der Waals surface area contributed by atoms with E-state index in [0.29, 0.717) is 31.2 Å². The van der Waals surface area contributed by atoms with E-state index in [1.165, 1.54) is 7.11 Å². The Balaban J connectivity index is 2.79. The van der Waals surface area contributed by atoms with E-state index >= 15 is 0 Å². The standard InChI is InChI=1S/C12H18BrN3O3/c1-18-6-5-16(4-3-11(17)19-2)12-10(14)7-9(13)8-15-12/h7-8H,3-6,14H2,1-2H3. The average Bonchev–Trinajstić information content (AvgIpc) is 2.39. The van der Waals surface area contributed by atoms with Crippen molar-refractivity contribution in [1.82, 2.24) is 4.98 Å². The Morgan fingerprint density at radius 1 is 1.47 bits per heavy atom. The summed E-state index contributed by atoms with van der Waals surface area (Å²) in [6, 6.07) is 1.78. The number of carbonyl (C=O) groups excluding carboxylic acids is 1. The molecule has 0 fully saturated rings. The molecule has 0 aliphatic heterocycles. The van der Waals surface area contributed by atoms with Gasteiger partial charge in [0.05, 0.1) is 25.8 Å². The number of nitrogens with two attached hydrogens (primary N) is 1. The number of methoxy groups -OCH3 is 2. The number of nitrogens with zero attached hydrogens (tertiary/aromatic N) is 2. The zero-order valence-electron chi connectivity index (χ0n) is 11.1. The van der Waals surface area contributed by atoms with Crippen molar-refractivity contribution < 1.29 is 14.3 Å². The van der Waals surface area contributed by atoms with Gasteiger partial charge in [0.25, 0.3) is 0 Å². The highest BCUT2D eigenvalue weighted by atomic mass is 79.9. The van der Waals surface area contributed by atoms with Crippen molar-refractivity contribution in [2.75, 3.05) is 44.5 Å². The minimum absolute atomic E-state index is 0.266. The molecule has 1 aromatic rings. The van der Waals surface area contributed by atoms with Crippen LogP contribution in [0.4, 0.5) is 11.5 Å².